The Morgan fingerprint density at radius 3 is 2.31 bits per heavy atom. The molecule has 5 heteroatoms. The Kier molecular flexibility index (Phi) is 6.98. The lowest BCUT2D eigenvalue weighted by molar-refractivity contribution is -0.120. The first-order valence-electron chi connectivity index (χ1n) is 8.62. The lowest BCUT2D eigenvalue weighted by Gasteiger charge is -2.20. The highest BCUT2D eigenvalue weighted by molar-refractivity contribution is 8.00. The highest BCUT2D eigenvalue weighted by Crippen LogP contribution is 2.33. The standard InChI is InChI=1S/C21H27NO3S/c1-13-7-9-18(14(2)11-13)15(3)22-21(23)16(4)26-17-8-10-19(24-5)20(12-17)25-6/h7-12,15-16H,1-6H3,(H,22,23)/t15-,16+/m0/s1. The molecule has 0 saturated carbocycles. The molecule has 2 rings (SSSR count). The van der Waals surface area contributed by atoms with Crippen LogP contribution in [-0.4, -0.2) is 25.4 Å². The van der Waals surface area contributed by atoms with Gasteiger partial charge in [0.2, 0.25) is 5.91 Å². The van der Waals surface area contributed by atoms with Gasteiger partial charge in [0.1, 0.15) is 0 Å². The van der Waals surface area contributed by atoms with Crippen LogP contribution in [0.3, 0.4) is 0 Å². The fourth-order valence-electron chi connectivity index (χ4n) is 2.87. The fraction of sp³-hybridized carbons (Fsp3) is 0.381. The van der Waals surface area contributed by atoms with Crippen LogP contribution in [0, 0.1) is 13.8 Å². The van der Waals surface area contributed by atoms with Crippen molar-refractivity contribution in [2.75, 3.05) is 14.2 Å². The minimum Gasteiger partial charge on any atom is -0.493 e. The first-order chi connectivity index (χ1) is 12.3. The van der Waals surface area contributed by atoms with E-state index in [0.717, 1.165) is 10.5 Å². The maximum atomic E-state index is 12.6. The van der Waals surface area contributed by atoms with E-state index in [9.17, 15) is 4.79 Å². The van der Waals surface area contributed by atoms with Gasteiger partial charge in [0.05, 0.1) is 25.5 Å². The number of nitrogens with one attached hydrogen (secondary N) is 1. The molecule has 0 heterocycles. The van der Waals surface area contributed by atoms with Crippen LogP contribution < -0.4 is 14.8 Å². The number of carbonyl (C=O) groups is 1. The number of carbonyl (C=O) groups excluding carboxylic acids is 1. The molecule has 1 N–H and O–H groups in total. The van der Waals surface area contributed by atoms with E-state index in [1.807, 2.05) is 32.0 Å². The van der Waals surface area contributed by atoms with Crippen LogP contribution in [0.15, 0.2) is 41.3 Å². The zero-order valence-corrected chi connectivity index (χ0v) is 17.1. The van der Waals surface area contributed by atoms with Crippen molar-refractivity contribution >= 4 is 17.7 Å². The van der Waals surface area contributed by atoms with E-state index in [-0.39, 0.29) is 17.2 Å². The molecule has 0 fully saturated rings. The molecule has 4 nitrogen and oxygen atoms in total. The van der Waals surface area contributed by atoms with Gasteiger partial charge in [-0.15, -0.1) is 11.8 Å². The van der Waals surface area contributed by atoms with Gasteiger partial charge in [0.15, 0.2) is 11.5 Å². The Morgan fingerprint density at radius 2 is 1.69 bits per heavy atom. The monoisotopic (exact) mass is 373 g/mol. The summed E-state index contributed by atoms with van der Waals surface area (Å²) in [5, 5.41) is 2.89. The number of amides is 1. The summed E-state index contributed by atoms with van der Waals surface area (Å²) in [7, 11) is 3.21. The number of ether oxygens (including phenoxy) is 2. The van der Waals surface area contributed by atoms with Crippen molar-refractivity contribution in [3.05, 3.63) is 53.1 Å². The maximum absolute atomic E-state index is 12.6. The molecular weight excluding hydrogens is 346 g/mol. The first kappa shape index (κ1) is 20.2. The van der Waals surface area contributed by atoms with Crippen LogP contribution in [0.4, 0.5) is 0 Å². The third-order valence-corrected chi connectivity index (χ3v) is 5.38. The number of methoxy groups -OCH3 is 2. The molecule has 0 saturated heterocycles. The molecule has 2 aromatic rings. The summed E-state index contributed by atoms with van der Waals surface area (Å²) in [6, 6.07) is 11.9. The van der Waals surface area contributed by atoms with Crippen molar-refractivity contribution in [2.45, 2.75) is 43.9 Å². The molecule has 0 aliphatic rings. The Bertz CT molecular complexity index is 776. The van der Waals surface area contributed by atoms with Gasteiger partial charge < -0.3 is 14.8 Å². The normalized spacial score (nSPS) is 13.0. The zero-order chi connectivity index (χ0) is 19.3. The van der Waals surface area contributed by atoms with Gasteiger partial charge in [0, 0.05) is 4.90 Å². The topological polar surface area (TPSA) is 47.6 Å². The van der Waals surface area contributed by atoms with E-state index in [1.165, 1.54) is 22.9 Å². The van der Waals surface area contributed by atoms with Gasteiger partial charge in [0.25, 0.3) is 0 Å². The Balaban J connectivity index is 2.03. The van der Waals surface area contributed by atoms with E-state index >= 15 is 0 Å². The van der Waals surface area contributed by atoms with Crippen molar-refractivity contribution < 1.29 is 14.3 Å². The van der Waals surface area contributed by atoms with E-state index < -0.39 is 0 Å². The lowest BCUT2D eigenvalue weighted by atomic mass is 10.0. The number of benzene rings is 2. The molecule has 0 bridgehead atoms. The van der Waals surface area contributed by atoms with Gasteiger partial charge in [-0.05, 0) is 57.0 Å². The minimum absolute atomic E-state index is 0.0114. The van der Waals surface area contributed by atoms with Crippen LogP contribution in [-0.2, 0) is 4.79 Å². The van der Waals surface area contributed by atoms with Crippen molar-refractivity contribution in [3.63, 3.8) is 0 Å². The second-order valence-electron chi connectivity index (χ2n) is 6.37. The highest BCUT2D eigenvalue weighted by atomic mass is 32.2. The van der Waals surface area contributed by atoms with Crippen LogP contribution in [0.2, 0.25) is 0 Å². The molecule has 1 amide bonds. The number of aryl methyl sites for hydroxylation is 2. The number of hydrogen-bond acceptors (Lipinski definition) is 4. The molecule has 2 atom stereocenters. The van der Waals surface area contributed by atoms with Gasteiger partial charge >= 0.3 is 0 Å². The Morgan fingerprint density at radius 1 is 1.00 bits per heavy atom. The summed E-state index contributed by atoms with van der Waals surface area (Å²) in [6.45, 7) is 8.07. The van der Waals surface area contributed by atoms with E-state index in [0.29, 0.717) is 11.5 Å². The first-order valence-corrected chi connectivity index (χ1v) is 9.50. The summed E-state index contributed by atoms with van der Waals surface area (Å²) in [5.74, 6) is 1.35. The van der Waals surface area contributed by atoms with Crippen LogP contribution >= 0.6 is 11.8 Å². The summed E-state index contributed by atoms with van der Waals surface area (Å²) in [4.78, 5) is 13.6. The molecule has 0 spiro atoms. The Hall–Kier alpha value is -2.14. The van der Waals surface area contributed by atoms with Gasteiger partial charge in [-0.3, -0.25) is 4.79 Å². The molecule has 0 aromatic heterocycles. The van der Waals surface area contributed by atoms with Crippen molar-refractivity contribution in [2.24, 2.45) is 0 Å². The van der Waals surface area contributed by atoms with E-state index in [1.54, 1.807) is 14.2 Å². The second-order valence-corrected chi connectivity index (χ2v) is 7.78. The summed E-state index contributed by atoms with van der Waals surface area (Å²) in [6.07, 6.45) is 0. The Labute approximate surface area is 160 Å². The minimum atomic E-state index is -0.221. The predicted molar refractivity (Wildman–Crippen MR) is 107 cm³/mol. The second kappa shape index (κ2) is 8.99. The largest absolute Gasteiger partial charge is 0.493 e. The molecule has 2 aromatic carbocycles. The summed E-state index contributed by atoms with van der Waals surface area (Å²) >= 11 is 1.50. The number of thioether (sulfide) groups is 1. The van der Waals surface area contributed by atoms with Gasteiger partial charge in [-0.2, -0.15) is 0 Å². The molecule has 0 unspecified atom stereocenters. The van der Waals surface area contributed by atoms with E-state index in [2.05, 4.69) is 37.4 Å². The lowest BCUT2D eigenvalue weighted by Crippen LogP contribution is -2.33. The smallest absolute Gasteiger partial charge is 0.233 e. The quantitative estimate of drug-likeness (QED) is 0.716. The highest BCUT2D eigenvalue weighted by Gasteiger charge is 2.19. The van der Waals surface area contributed by atoms with Gasteiger partial charge in [-0.1, -0.05) is 23.8 Å². The number of hydrogen-bond donors (Lipinski definition) is 1. The van der Waals surface area contributed by atoms with Crippen LogP contribution in [0.1, 0.15) is 36.6 Å². The third kappa shape index (κ3) is 4.94. The average Bonchev–Trinajstić information content (AvgIpc) is 2.61. The molecular formula is C21H27NO3S. The average molecular weight is 374 g/mol. The predicted octanol–water partition coefficient (Wildman–Crippen LogP) is 4.68. The molecule has 140 valence electrons. The van der Waals surface area contributed by atoms with Crippen molar-refractivity contribution in [1.29, 1.82) is 0 Å². The van der Waals surface area contributed by atoms with Gasteiger partial charge in [-0.25, -0.2) is 0 Å². The third-order valence-electron chi connectivity index (χ3n) is 4.29. The maximum Gasteiger partial charge on any atom is 0.233 e. The van der Waals surface area contributed by atoms with E-state index in [4.69, 9.17) is 9.47 Å². The number of rotatable bonds is 7. The van der Waals surface area contributed by atoms with Crippen LogP contribution in [0.25, 0.3) is 0 Å². The fourth-order valence-corrected chi connectivity index (χ4v) is 3.77. The van der Waals surface area contributed by atoms with Crippen LogP contribution in [0.5, 0.6) is 11.5 Å². The molecule has 26 heavy (non-hydrogen) atoms. The van der Waals surface area contributed by atoms with Crippen molar-refractivity contribution in [3.8, 4) is 11.5 Å². The summed E-state index contributed by atoms with van der Waals surface area (Å²) in [5.41, 5.74) is 3.56. The molecule has 0 radical (unpaired) electrons. The summed E-state index contributed by atoms with van der Waals surface area (Å²) < 4.78 is 10.6. The molecule has 0 aliphatic carbocycles. The SMILES string of the molecule is COc1ccc(S[C@H](C)C(=O)N[C@@H](C)c2ccc(C)cc2C)cc1OC. The van der Waals surface area contributed by atoms with Crippen molar-refractivity contribution in [1.82, 2.24) is 5.32 Å². The molecule has 0 aliphatic heterocycles. The zero-order valence-electron chi connectivity index (χ0n) is 16.3.